The van der Waals surface area contributed by atoms with Crippen LogP contribution >= 0.6 is 11.6 Å². The van der Waals surface area contributed by atoms with Crippen LogP contribution in [0.5, 0.6) is 5.75 Å². The van der Waals surface area contributed by atoms with Crippen molar-refractivity contribution in [3.05, 3.63) is 52.5 Å². The van der Waals surface area contributed by atoms with Gasteiger partial charge in [-0.3, -0.25) is 0 Å². The van der Waals surface area contributed by atoms with Crippen molar-refractivity contribution in [3.63, 3.8) is 0 Å². The molecular formula is C15H15ClN2O2. The fourth-order valence-electron chi connectivity index (χ4n) is 1.71. The van der Waals surface area contributed by atoms with Crippen LogP contribution in [-0.4, -0.2) is 11.1 Å². The van der Waals surface area contributed by atoms with Crippen LogP contribution in [0.1, 0.15) is 11.1 Å². The quantitative estimate of drug-likeness (QED) is 0.772. The number of carbonyl (C=O) groups excluding carboxylic acids is 1. The highest BCUT2D eigenvalue weighted by atomic mass is 35.5. The number of aromatic hydroxyl groups is 1. The number of aryl methyl sites for hydroxylation is 1. The van der Waals surface area contributed by atoms with Gasteiger partial charge in [0.2, 0.25) is 0 Å². The summed E-state index contributed by atoms with van der Waals surface area (Å²) in [5.41, 5.74) is 2.72. The Morgan fingerprint density at radius 2 is 1.90 bits per heavy atom. The van der Waals surface area contributed by atoms with E-state index in [1.165, 1.54) is 0 Å². The molecule has 0 aromatic heterocycles. The van der Waals surface area contributed by atoms with Crippen molar-refractivity contribution < 1.29 is 9.90 Å². The lowest BCUT2D eigenvalue weighted by Crippen LogP contribution is -2.19. The van der Waals surface area contributed by atoms with Gasteiger partial charge in [-0.1, -0.05) is 23.7 Å². The molecule has 0 unspecified atom stereocenters. The van der Waals surface area contributed by atoms with Gasteiger partial charge in [-0.05, 0) is 43.7 Å². The van der Waals surface area contributed by atoms with Crippen LogP contribution in [0, 0.1) is 13.8 Å². The summed E-state index contributed by atoms with van der Waals surface area (Å²) in [6.45, 7) is 3.62. The van der Waals surface area contributed by atoms with Crippen LogP contribution < -0.4 is 10.6 Å². The first kappa shape index (κ1) is 14.2. The Morgan fingerprint density at radius 3 is 2.60 bits per heavy atom. The van der Waals surface area contributed by atoms with E-state index in [0.717, 1.165) is 5.56 Å². The number of rotatable bonds is 2. The fourth-order valence-corrected chi connectivity index (χ4v) is 1.89. The Kier molecular flexibility index (Phi) is 4.15. The van der Waals surface area contributed by atoms with Crippen molar-refractivity contribution in [1.29, 1.82) is 0 Å². The van der Waals surface area contributed by atoms with E-state index >= 15 is 0 Å². The van der Waals surface area contributed by atoms with E-state index in [2.05, 4.69) is 10.6 Å². The Balaban J connectivity index is 2.09. The summed E-state index contributed by atoms with van der Waals surface area (Å²) in [6, 6.07) is 9.85. The Bertz CT molecular complexity index is 656. The van der Waals surface area contributed by atoms with Crippen molar-refractivity contribution in [1.82, 2.24) is 0 Å². The summed E-state index contributed by atoms with van der Waals surface area (Å²) in [5.74, 6) is 0.140. The van der Waals surface area contributed by atoms with E-state index in [1.54, 1.807) is 37.3 Å². The summed E-state index contributed by atoms with van der Waals surface area (Å²) in [5, 5.41) is 15.5. The maximum absolute atomic E-state index is 11.9. The average molecular weight is 291 g/mol. The second-order valence-electron chi connectivity index (χ2n) is 4.49. The monoisotopic (exact) mass is 290 g/mol. The molecule has 0 fully saturated rings. The topological polar surface area (TPSA) is 61.4 Å². The molecule has 3 N–H and O–H groups in total. The van der Waals surface area contributed by atoms with Crippen molar-refractivity contribution >= 4 is 29.0 Å². The maximum Gasteiger partial charge on any atom is 0.323 e. The van der Waals surface area contributed by atoms with Gasteiger partial charge in [-0.15, -0.1) is 0 Å². The molecule has 0 saturated heterocycles. The highest BCUT2D eigenvalue weighted by molar-refractivity contribution is 6.31. The number of nitrogens with one attached hydrogen (secondary N) is 2. The minimum absolute atomic E-state index is 0.140. The largest absolute Gasteiger partial charge is 0.508 e. The van der Waals surface area contributed by atoms with Crippen LogP contribution in [0.2, 0.25) is 5.02 Å². The minimum Gasteiger partial charge on any atom is -0.508 e. The second kappa shape index (κ2) is 5.84. The molecule has 0 bridgehead atoms. The molecule has 5 heteroatoms. The molecule has 2 amide bonds. The normalized spacial score (nSPS) is 10.2. The molecule has 0 aliphatic heterocycles. The first-order valence-electron chi connectivity index (χ1n) is 6.10. The standard InChI is InChI=1S/C15H15ClN2O2/c1-9-6-7-11(8-12(9)16)17-15(20)18-13-4-3-5-14(19)10(13)2/h3-8,19H,1-2H3,(H2,17,18,20). The number of carbonyl (C=O) groups is 1. The number of phenolic OH excluding ortho intramolecular Hbond substituents is 1. The minimum atomic E-state index is -0.390. The summed E-state index contributed by atoms with van der Waals surface area (Å²) in [6.07, 6.45) is 0. The molecule has 0 heterocycles. The summed E-state index contributed by atoms with van der Waals surface area (Å²) in [4.78, 5) is 11.9. The number of benzene rings is 2. The van der Waals surface area contributed by atoms with Gasteiger partial charge in [0, 0.05) is 22.0 Å². The van der Waals surface area contributed by atoms with E-state index in [-0.39, 0.29) is 5.75 Å². The lowest BCUT2D eigenvalue weighted by Gasteiger charge is -2.11. The third-order valence-corrected chi connectivity index (χ3v) is 3.39. The first-order chi connectivity index (χ1) is 9.47. The third kappa shape index (κ3) is 3.22. The van der Waals surface area contributed by atoms with Crippen LogP contribution in [-0.2, 0) is 0 Å². The lowest BCUT2D eigenvalue weighted by molar-refractivity contribution is 0.262. The summed E-state index contributed by atoms with van der Waals surface area (Å²) >= 11 is 6.00. The van der Waals surface area contributed by atoms with Crippen molar-refractivity contribution in [3.8, 4) is 5.75 Å². The number of hydrogen-bond acceptors (Lipinski definition) is 2. The van der Waals surface area contributed by atoms with Crippen molar-refractivity contribution in [2.24, 2.45) is 0 Å². The zero-order valence-electron chi connectivity index (χ0n) is 11.2. The van der Waals surface area contributed by atoms with E-state index < -0.39 is 6.03 Å². The fraction of sp³-hybridized carbons (Fsp3) is 0.133. The maximum atomic E-state index is 11.9. The van der Waals surface area contributed by atoms with E-state index in [4.69, 9.17) is 11.6 Å². The molecule has 0 radical (unpaired) electrons. The highest BCUT2D eigenvalue weighted by Crippen LogP contribution is 2.24. The van der Waals surface area contributed by atoms with Gasteiger partial charge in [0.25, 0.3) is 0 Å². The molecule has 0 spiro atoms. The first-order valence-corrected chi connectivity index (χ1v) is 6.48. The Labute approximate surface area is 122 Å². The van der Waals surface area contributed by atoms with E-state index in [9.17, 15) is 9.90 Å². The van der Waals surface area contributed by atoms with Gasteiger partial charge in [-0.25, -0.2) is 4.79 Å². The predicted molar refractivity (Wildman–Crippen MR) is 81.7 cm³/mol. The zero-order chi connectivity index (χ0) is 14.7. The number of anilines is 2. The summed E-state index contributed by atoms with van der Waals surface area (Å²) in [7, 11) is 0. The molecule has 2 aromatic carbocycles. The highest BCUT2D eigenvalue weighted by Gasteiger charge is 2.07. The van der Waals surface area contributed by atoms with Crippen molar-refractivity contribution in [2.75, 3.05) is 10.6 Å². The Morgan fingerprint density at radius 1 is 1.15 bits per heavy atom. The number of urea groups is 1. The van der Waals surface area contributed by atoms with Crippen LogP contribution in [0.25, 0.3) is 0 Å². The van der Waals surface area contributed by atoms with Gasteiger partial charge in [0.05, 0.1) is 0 Å². The second-order valence-corrected chi connectivity index (χ2v) is 4.90. The Hall–Kier alpha value is -2.20. The van der Waals surface area contributed by atoms with E-state index in [1.807, 2.05) is 13.0 Å². The smallest absolute Gasteiger partial charge is 0.323 e. The molecule has 2 rings (SSSR count). The van der Waals surface area contributed by atoms with Gasteiger partial charge < -0.3 is 15.7 Å². The number of halogens is 1. The molecule has 104 valence electrons. The molecule has 0 atom stereocenters. The van der Waals surface area contributed by atoms with E-state index in [0.29, 0.717) is 22.0 Å². The molecule has 20 heavy (non-hydrogen) atoms. The predicted octanol–water partition coefficient (Wildman–Crippen LogP) is 4.31. The summed E-state index contributed by atoms with van der Waals surface area (Å²) < 4.78 is 0. The SMILES string of the molecule is Cc1ccc(NC(=O)Nc2cccc(O)c2C)cc1Cl. The van der Waals surface area contributed by atoms with Crippen LogP contribution in [0.15, 0.2) is 36.4 Å². The average Bonchev–Trinajstić information content (AvgIpc) is 2.39. The third-order valence-electron chi connectivity index (χ3n) is 2.98. The van der Waals surface area contributed by atoms with Crippen molar-refractivity contribution in [2.45, 2.75) is 13.8 Å². The van der Waals surface area contributed by atoms with Crippen LogP contribution in [0.4, 0.5) is 16.2 Å². The van der Waals surface area contributed by atoms with Gasteiger partial charge >= 0.3 is 6.03 Å². The lowest BCUT2D eigenvalue weighted by atomic mass is 10.2. The number of phenols is 1. The molecule has 2 aromatic rings. The number of amides is 2. The molecule has 0 aliphatic rings. The van der Waals surface area contributed by atoms with Gasteiger partial charge in [0.1, 0.15) is 5.75 Å². The molecule has 0 saturated carbocycles. The van der Waals surface area contributed by atoms with Crippen LogP contribution in [0.3, 0.4) is 0 Å². The zero-order valence-corrected chi connectivity index (χ0v) is 12.0. The molecule has 4 nitrogen and oxygen atoms in total. The van der Waals surface area contributed by atoms with Gasteiger partial charge in [0.15, 0.2) is 0 Å². The molecule has 0 aliphatic carbocycles. The molecular weight excluding hydrogens is 276 g/mol. The van der Waals surface area contributed by atoms with Gasteiger partial charge in [-0.2, -0.15) is 0 Å². The number of hydrogen-bond donors (Lipinski definition) is 3.